The van der Waals surface area contributed by atoms with E-state index >= 15 is 0 Å². The zero-order chi connectivity index (χ0) is 15.7. The van der Waals surface area contributed by atoms with Gasteiger partial charge < -0.3 is 15.8 Å². The van der Waals surface area contributed by atoms with Gasteiger partial charge in [0.1, 0.15) is 11.6 Å². The lowest BCUT2D eigenvalue weighted by atomic mass is 9.63. The lowest BCUT2D eigenvalue weighted by Crippen LogP contribution is -2.55. The molecule has 0 saturated heterocycles. The SMILES string of the molecule is COc1ccc(F)c(NC2(CN)CCC(C)(C)CC2C)c1. The van der Waals surface area contributed by atoms with Gasteiger partial charge in [0.15, 0.2) is 0 Å². The van der Waals surface area contributed by atoms with Crippen molar-refractivity contribution in [3.05, 3.63) is 24.0 Å². The van der Waals surface area contributed by atoms with Crippen LogP contribution in [0.5, 0.6) is 5.75 Å². The smallest absolute Gasteiger partial charge is 0.146 e. The fourth-order valence-corrected chi connectivity index (χ4v) is 3.47. The molecule has 2 unspecified atom stereocenters. The van der Waals surface area contributed by atoms with Crippen LogP contribution in [0.25, 0.3) is 0 Å². The maximum atomic E-state index is 14.1. The van der Waals surface area contributed by atoms with Crippen LogP contribution in [0.2, 0.25) is 0 Å². The number of nitrogens with two attached hydrogens (primary N) is 1. The molecule has 0 aliphatic heterocycles. The van der Waals surface area contributed by atoms with Crippen LogP contribution >= 0.6 is 0 Å². The molecule has 1 aliphatic rings. The summed E-state index contributed by atoms with van der Waals surface area (Å²) in [4.78, 5) is 0. The predicted molar refractivity (Wildman–Crippen MR) is 85.2 cm³/mol. The minimum Gasteiger partial charge on any atom is -0.497 e. The molecular weight excluding hydrogens is 267 g/mol. The number of halogens is 1. The average molecular weight is 294 g/mol. The minimum absolute atomic E-state index is 0.247. The Morgan fingerprint density at radius 1 is 1.38 bits per heavy atom. The second kappa shape index (κ2) is 5.84. The zero-order valence-corrected chi connectivity index (χ0v) is 13.5. The predicted octanol–water partition coefficient (Wildman–Crippen LogP) is 3.79. The second-order valence-electron chi connectivity index (χ2n) is 7.10. The van der Waals surface area contributed by atoms with Crippen molar-refractivity contribution < 1.29 is 9.13 Å². The summed E-state index contributed by atoms with van der Waals surface area (Å²) in [6.45, 7) is 7.28. The van der Waals surface area contributed by atoms with Crippen molar-refractivity contribution in [2.75, 3.05) is 19.0 Å². The van der Waals surface area contributed by atoms with E-state index in [0.717, 1.165) is 19.3 Å². The first-order valence-corrected chi connectivity index (χ1v) is 7.64. The van der Waals surface area contributed by atoms with Gasteiger partial charge in [-0.2, -0.15) is 0 Å². The fraction of sp³-hybridized carbons (Fsp3) is 0.647. The lowest BCUT2D eigenvalue weighted by molar-refractivity contribution is 0.120. The van der Waals surface area contributed by atoms with Gasteiger partial charge in [-0.15, -0.1) is 0 Å². The number of ether oxygens (including phenoxy) is 1. The van der Waals surface area contributed by atoms with Crippen molar-refractivity contribution >= 4 is 5.69 Å². The van der Waals surface area contributed by atoms with E-state index in [1.807, 2.05) is 0 Å². The van der Waals surface area contributed by atoms with E-state index < -0.39 is 0 Å². The molecule has 1 fully saturated rings. The van der Waals surface area contributed by atoms with Crippen molar-refractivity contribution in [2.45, 2.75) is 45.6 Å². The van der Waals surface area contributed by atoms with Gasteiger partial charge in [-0.25, -0.2) is 4.39 Å². The monoisotopic (exact) mass is 294 g/mol. The van der Waals surface area contributed by atoms with Crippen molar-refractivity contribution in [2.24, 2.45) is 17.1 Å². The molecule has 4 heteroatoms. The molecule has 2 rings (SSSR count). The third-order valence-corrected chi connectivity index (χ3v) is 4.97. The van der Waals surface area contributed by atoms with E-state index in [0.29, 0.717) is 29.3 Å². The topological polar surface area (TPSA) is 47.3 Å². The van der Waals surface area contributed by atoms with Crippen LogP contribution in [0.3, 0.4) is 0 Å². The standard InChI is InChI=1S/C17H27FN2O/c1-12-10-16(2,3)7-8-17(12,11-19)20-15-9-13(21-4)5-6-14(15)18/h5-6,9,12,20H,7-8,10-11,19H2,1-4H3. The highest BCUT2D eigenvalue weighted by molar-refractivity contribution is 5.52. The summed E-state index contributed by atoms with van der Waals surface area (Å²) in [6.07, 6.45) is 3.13. The normalized spacial score (nSPS) is 28.2. The van der Waals surface area contributed by atoms with Crippen LogP contribution in [0.15, 0.2) is 18.2 Å². The molecule has 0 bridgehead atoms. The molecule has 0 amide bonds. The van der Waals surface area contributed by atoms with Crippen LogP contribution in [0.1, 0.15) is 40.0 Å². The van der Waals surface area contributed by atoms with Gasteiger partial charge in [0.2, 0.25) is 0 Å². The Hall–Kier alpha value is -1.29. The molecule has 3 nitrogen and oxygen atoms in total. The Labute approximate surface area is 127 Å². The summed E-state index contributed by atoms with van der Waals surface area (Å²) < 4.78 is 19.3. The van der Waals surface area contributed by atoms with Gasteiger partial charge in [0.05, 0.1) is 18.3 Å². The minimum atomic E-state index is -0.263. The maximum Gasteiger partial charge on any atom is 0.146 e. The summed E-state index contributed by atoms with van der Waals surface area (Å²) in [7, 11) is 1.58. The molecule has 0 aromatic heterocycles. The number of nitrogens with one attached hydrogen (secondary N) is 1. The number of rotatable bonds is 4. The molecule has 1 aliphatic carbocycles. The van der Waals surface area contributed by atoms with Crippen LogP contribution in [-0.2, 0) is 0 Å². The molecule has 0 heterocycles. The van der Waals surface area contributed by atoms with E-state index in [1.165, 1.54) is 6.07 Å². The summed E-state index contributed by atoms with van der Waals surface area (Å²) in [6, 6.07) is 4.77. The first-order chi connectivity index (χ1) is 9.82. The molecule has 0 spiro atoms. The Balaban J connectivity index is 2.27. The van der Waals surface area contributed by atoms with Crippen LogP contribution in [0, 0.1) is 17.2 Å². The van der Waals surface area contributed by atoms with E-state index in [-0.39, 0.29) is 11.4 Å². The maximum absolute atomic E-state index is 14.1. The highest BCUT2D eigenvalue weighted by Crippen LogP contribution is 2.45. The number of hydrogen-bond donors (Lipinski definition) is 2. The zero-order valence-electron chi connectivity index (χ0n) is 13.5. The van der Waals surface area contributed by atoms with Crippen molar-refractivity contribution in [1.82, 2.24) is 0 Å². The first kappa shape index (κ1) is 16.1. The first-order valence-electron chi connectivity index (χ1n) is 7.64. The average Bonchev–Trinajstić information content (AvgIpc) is 2.44. The van der Waals surface area contributed by atoms with Crippen molar-refractivity contribution in [3.63, 3.8) is 0 Å². The summed E-state index contributed by atoms with van der Waals surface area (Å²) in [5.74, 6) is 0.771. The Kier molecular flexibility index (Phi) is 4.47. The van der Waals surface area contributed by atoms with Gasteiger partial charge in [-0.1, -0.05) is 20.8 Å². The molecule has 1 saturated carbocycles. The lowest BCUT2D eigenvalue weighted by Gasteiger charge is -2.49. The molecule has 2 atom stereocenters. The highest BCUT2D eigenvalue weighted by atomic mass is 19.1. The summed E-state index contributed by atoms with van der Waals surface area (Å²) >= 11 is 0. The molecular formula is C17H27FN2O. The number of methoxy groups -OCH3 is 1. The van der Waals surface area contributed by atoms with Crippen LogP contribution in [-0.4, -0.2) is 19.2 Å². The van der Waals surface area contributed by atoms with E-state index in [1.54, 1.807) is 19.2 Å². The molecule has 0 radical (unpaired) electrons. The van der Waals surface area contributed by atoms with Crippen molar-refractivity contribution in [1.29, 1.82) is 0 Å². The van der Waals surface area contributed by atoms with E-state index in [4.69, 9.17) is 10.5 Å². The number of hydrogen-bond acceptors (Lipinski definition) is 3. The molecule has 21 heavy (non-hydrogen) atoms. The van der Waals surface area contributed by atoms with Gasteiger partial charge in [0, 0.05) is 12.6 Å². The summed E-state index contributed by atoms with van der Waals surface area (Å²) in [5.41, 5.74) is 6.63. The van der Waals surface area contributed by atoms with E-state index in [2.05, 4.69) is 26.1 Å². The van der Waals surface area contributed by atoms with Gasteiger partial charge in [-0.05, 0) is 42.7 Å². The van der Waals surface area contributed by atoms with Gasteiger partial charge in [-0.3, -0.25) is 0 Å². The number of benzene rings is 1. The number of anilines is 1. The van der Waals surface area contributed by atoms with Gasteiger partial charge >= 0.3 is 0 Å². The van der Waals surface area contributed by atoms with Crippen molar-refractivity contribution in [3.8, 4) is 5.75 Å². The van der Waals surface area contributed by atoms with E-state index in [9.17, 15) is 4.39 Å². The quantitative estimate of drug-likeness (QED) is 0.888. The molecule has 3 N–H and O–H groups in total. The van der Waals surface area contributed by atoms with Gasteiger partial charge in [0.25, 0.3) is 0 Å². The summed E-state index contributed by atoms with van der Waals surface area (Å²) in [5, 5.41) is 3.39. The van der Waals surface area contributed by atoms with Crippen LogP contribution < -0.4 is 15.8 Å². The second-order valence-corrected chi connectivity index (χ2v) is 7.10. The Morgan fingerprint density at radius 2 is 2.10 bits per heavy atom. The third-order valence-electron chi connectivity index (χ3n) is 4.97. The molecule has 118 valence electrons. The highest BCUT2D eigenvalue weighted by Gasteiger charge is 2.43. The Morgan fingerprint density at radius 3 is 2.67 bits per heavy atom. The Bertz CT molecular complexity index is 504. The fourth-order valence-electron chi connectivity index (χ4n) is 3.47. The molecule has 1 aromatic carbocycles. The third kappa shape index (κ3) is 3.31. The largest absolute Gasteiger partial charge is 0.497 e. The van der Waals surface area contributed by atoms with Crippen LogP contribution in [0.4, 0.5) is 10.1 Å². The molecule has 1 aromatic rings.